The molecule has 1 fully saturated rings. The Hall–Kier alpha value is -3.18. The molecule has 0 bridgehead atoms. The molecule has 0 radical (unpaired) electrons. The topological polar surface area (TPSA) is 110 Å². The lowest BCUT2D eigenvalue weighted by Gasteiger charge is -2.16. The SMILES string of the molecule is O=C(Nc1cc(-n2cnnn2)ccc1F)c1cccc(S(=O)(=O)N2CCCC2)c1. The average Bonchev–Trinajstić information content (AvgIpc) is 3.44. The minimum Gasteiger partial charge on any atom is -0.319 e. The van der Waals surface area contributed by atoms with Gasteiger partial charge in [-0.25, -0.2) is 17.5 Å². The maximum absolute atomic E-state index is 14.2. The van der Waals surface area contributed by atoms with Crippen molar-refractivity contribution >= 4 is 21.6 Å². The summed E-state index contributed by atoms with van der Waals surface area (Å²) in [6.07, 6.45) is 2.97. The second-order valence-electron chi connectivity index (χ2n) is 6.51. The number of hydrogen-bond acceptors (Lipinski definition) is 6. The predicted octanol–water partition coefficient (Wildman–Crippen LogP) is 1.84. The average molecular weight is 416 g/mol. The van der Waals surface area contributed by atoms with Crippen LogP contribution in [0.5, 0.6) is 0 Å². The zero-order valence-corrected chi connectivity index (χ0v) is 16.0. The maximum atomic E-state index is 14.2. The zero-order valence-electron chi connectivity index (χ0n) is 15.2. The number of sulfonamides is 1. The molecule has 0 spiro atoms. The number of halogens is 1. The van der Waals surface area contributed by atoms with Crippen LogP contribution in [0.3, 0.4) is 0 Å². The van der Waals surface area contributed by atoms with E-state index in [1.165, 1.54) is 57.8 Å². The fourth-order valence-electron chi connectivity index (χ4n) is 3.10. The highest BCUT2D eigenvalue weighted by molar-refractivity contribution is 7.89. The van der Waals surface area contributed by atoms with Crippen LogP contribution in [0.4, 0.5) is 10.1 Å². The summed E-state index contributed by atoms with van der Waals surface area (Å²) < 4.78 is 42.3. The Balaban J connectivity index is 1.59. The van der Waals surface area contributed by atoms with Crippen LogP contribution in [0, 0.1) is 5.82 Å². The van der Waals surface area contributed by atoms with Crippen LogP contribution >= 0.6 is 0 Å². The van der Waals surface area contributed by atoms with Crippen LogP contribution in [0.1, 0.15) is 23.2 Å². The molecule has 4 rings (SSSR count). The number of hydrogen-bond donors (Lipinski definition) is 1. The molecule has 1 saturated heterocycles. The normalized spacial score (nSPS) is 14.8. The van der Waals surface area contributed by atoms with Gasteiger partial charge in [0.05, 0.1) is 16.3 Å². The van der Waals surface area contributed by atoms with Crippen molar-refractivity contribution in [2.24, 2.45) is 0 Å². The first-order chi connectivity index (χ1) is 13.9. The third-order valence-electron chi connectivity index (χ3n) is 4.61. The molecule has 29 heavy (non-hydrogen) atoms. The highest BCUT2D eigenvalue weighted by Gasteiger charge is 2.27. The van der Waals surface area contributed by atoms with Gasteiger partial charge in [-0.05, 0) is 59.7 Å². The number of carbonyl (C=O) groups is 1. The lowest BCUT2D eigenvalue weighted by molar-refractivity contribution is 0.102. The molecule has 0 unspecified atom stereocenters. The zero-order chi connectivity index (χ0) is 20.4. The second kappa shape index (κ2) is 7.68. The van der Waals surface area contributed by atoms with Crippen LogP contribution in [0.15, 0.2) is 53.7 Å². The van der Waals surface area contributed by atoms with Gasteiger partial charge in [-0.2, -0.15) is 4.31 Å². The quantitative estimate of drug-likeness (QED) is 0.680. The Morgan fingerprint density at radius 2 is 1.90 bits per heavy atom. The van der Waals surface area contributed by atoms with Gasteiger partial charge in [-0.3, -0.25) is 4.79 Å². The van der Waals surface area contributed by atoms with Crippen LogP contribution in [-0.2, 0) is 10.0 Å². The predicted molar refractivity (Wildman–Crippen MR) is 102 cm³/mol. The number of anilines is 1. The van der Waals surface area contributed by atoms with Crippen molar-refractivity contribution in [3.05, 3.63) is 60.2 Å². The second-order valence-corrected chi connectivity index (χ2v) is 8.45. The van der Waals surface area contributed by atoms with Gasteiger partial charge in [0, 0.05) is 18.7 Å². The van der Waals surface area contributed by atoms with Gasteiger partial charge in [-0.15, -0.1) is 5.10 Å². The van der Waals surface area contributed by atoms with Gasteiger partial charge >= 0.3 is 0 Å². The number of carbonyl (C=O) groups excluding carboxylic acids is 1. The summed E-state index contributed by atoms with van der Waals surface area (Å²) in [6, 6.07) is 9.74. The summed E-state index contributed by atoms with van der Waals surface area (Å²) in [4.78, 5) is 12.7. The molecule has 0 saturated carbocycles. The number of amides is 1. The Labute approximate surface area is 166 Å². The van der Waals surface area contributed by atoms with Gasteiger partial charge in [0.1, 0.15) is 12.1 Å². The van der Waals surface area contributed by atoms with E-state index in [1.807, 2.05) is 0 Å². The van der Waals surface area contributed by atoms with E-state index in [4.69, 9.17) is 0 Å². The van der Waals surface area contributed by atoms with Gasteiger partial charge in [-0.1, -0.05) is 6.07 Å². The molecule has 0 aliphatic carbocycles. The van der Waals surface area contributed by atoms with E-state index >= 15 is 0 Å². The summed E-state index contributed by atoms with van der Waals surface area (Å²) in [6.45, 7) is 0.932. The number of nitrogens with zero attached hydrogens (tertiary/aromatic N) is 5. The fraction of sp³-hybridized carbons (Fsp3) is 0.222. The molecular weight excluding hydrogens is 399 g/mol. The minimum absolute atomic E-state index is 0.0370. The first kappa shape index (κ1) is 19.2. The molecule has 2 aromatic carbocycles. The van der Waals surface area contributed by atoms with Crippen LogP contribution < -0.4 is 5.32 Å². The van der Waals surface area contributed by atoms with E-state index in [2.05, 4.69) is 20.8 Å². The fourth-order valence-corrected chi connectivity index (χ4v) is 4.66. The van der Waals surface area contributed by atoms with E-state index in [0.717, 1.165) is 12.8 Å². The Kier molecular flexibility index (Phi) is 5.07. The Morgan fingerprint density at radius 1 is 1.10 bits per heavy atom. The van der Waals surface area contributed by atoms with E-state index in [1.54, 1.807) is 0 Å². The van der Waals surface area contributed by atoms with Crippen molar-refractivity contribution < 1.29 is 17.6 Å². The van der Waals surface area contributed by atoms with E-state index in [-0.39, 0.29) is 16.1 Å². The van der Waals surface area contributed by atoms with Crippen molar-refractivity contribution in [1.82, 2.24) is 24.5 Å². The largest absolute Gasteiger partial charge is 0.319 e. The molecule has 1 aliphatic rings. The van der Waals surface area contributed by atoms with Crippen molar-refractivity contribution in [3.8, 4) is 5.69 Å². The number of nitrogens with one attached hydrogen (secondary N) is 1. The number of rotatable bonds is 5. The van der Waals surface area contributed by atoms with Gasteiger partial charge in [0.2, 0.25) is 10.0 Å². The number of aromatic nitrogens is 4. The van der Waals surface area contributed by atoms with Crippen LogP contribution in [0.25, 0.3) is 5.69 Å². The summed E-state index contributed by atoms with van der Waals surface area (Å²) in [5.41, 5.74) is 0.491. The lowest BCUT2D eigenvalue weighted by Crippen LogP contribution is -2.28. The lowest BCUT2D eigenvalue weighted by atomic mass is 10.2. The molecule has 11 heteroatoms. The van der Waals surface area contributed by atoms with Gasteiger partial charge < -0.3 is 5.32 Å². The first-order valence-corrected chi connectivity index (χ1v) is 10.3. The Morgan fingerprint density at radius 3 is 2.62 bits per heavy atom. The van der Waals surface area contributed by atoms with Gasteiger partial charge in [0.15, 0.2) is 0 Å². The van der Waals surface area contributed by atoms with Crippen molar-refractivity contribution in [3.63, 3.8) is 0 Å². The molecule has 9 nitrogen and oxygen atoms in total. The smallest absolute Gasteiger partial charge is 0.255 e. The molecule has 0 atom stereocenters. The van der Waals surface area contributed by atoms with Crippen LogP contribution in [0.2, 0.25) is 0 Å². The van der Waals surface area contributed by atoms with E-state index in [0.29, 0.717) is 18.8 Å². The summed E-state index contributed by atoms with van der Waals surface area (Å²) >= 11 is 0. The molecule has 150 valence electrons. The van der Waals surface area contributed by atoms with Crippen molar-refractivity contribution in [2.75, 3.05) is 18.4 Å². The highest BCUT2D eigenvalue weighted by atomic mass is 32.2. The van der Waals surface area contributed by atoms with Crippen LogP contribution in [-0.4, -0.2) is 51.9 Å². The summed E-state index contributed by atoms with van der Waals surface area (Å²) in [7, 11) is -3.66. The molecule has 2 heterocycles. The third-order valence-corrected chi connectivity index (χ3v) is 6.51. The number of tetrazole rings is 1. The van der Waals surface area contributed by atoms with Gasteiger partial charge in [0.25, 0.3) is 5.91 Å². The molecule has 1 aromatic heterocycles. The first-order valence-electron chi connectivity index (χ1n) is 8.89. The van der Waals surface area contributed by atoms with Crippen molar-refractivity contribution in [1.29, 1.82) is 0 Å². The monoisotopic (exact) mass is 416 g/mol. The minimum atomic E-state index is -3.66. The summed E-state index contributed by atoms with van der Waals surface area (Å²) in [5, 5.41) is 13.2. The molecule has 1 aliphatic heterocycles. The highest BCUT2D eigenvalue weighted by Crippen LogP contribution is 2.23. The number of benzene rings is 2. The molecule has 1 amide bonds. The van der Waals surface area contributed by atoms with E-state index < -0.39 is 21.7 Å². The standard InChI is InChI=1S/C18H17FN6O3S/c19-16-7-6-14(25-12-20-22-23-25)11-17(16)21-18(26)13-4-3-5-15(10-13)29(27,28)24-8-1-2-9-24/h3-7,10-12H,1-2,8-9H2,(H,21,26). The molecule has 3 aromatic rings. The maximum Gasteiger partial charge on any atom is 0.255 e. The summed E-state index contributed by atoms with van der Waals surface area (Å²) in [5.74, 6) is -1.27. The molecule has 1 N–H and O–H groups in total. The van der Waals surface area contributed by atoms with E-state index in [9.17, 15) is 17.6 Å². The third kappa shape index (κ3) is 3.87. The van der Waals surface area contributed by atoms with Crippen molar-refractivity contribution in [2.45, 2.75) is 17.7 Å². The molecular formula is C18H17FN6O3S. The Bertz CT molecular complexity index is 1140.